The number of hydrogen-bond donors (Lipinski definition) is 1. The van der Waals surface area contributed by atoms with E-state index in [-0.39, 0.29) is 29.7 Å². The predicted octanol–water partition coefficient (Wildman–Crippen LogP) is 2.34. The van der Waals surface area contributed by atoms with Crippen LogP contribution in [0.5, 0.6) is 0 Å². The maximum Gasteiger partial charge on any atom is 0.215 e. The first-order chi connectivity index (χ1) is 11.9. The van der Waals surface area contributed by atoms with Gasteiger partial charge in [0.1, 0.15) is 0 Å². The Morgan fingerprint density at radius 2 is 2.00 bits per heavy atom. The zero-order valence-electron chi connectivity index (χ0n) is 15.0. The van der Waals surface area contributed by atoms with E-state index in [1.54, 1.807) is 23.1 Å². The Morgan fingerprint density at radius 1 is 1.35 bits per heavy atom. The molecule has 0 radical (unpaired) electrons. The number of hydrogen-bond acceptors (Lipinski definition) is 4. The number of nitrogens with zero attached hydrogens (tertiary/aromatic N) is 3. The van der Waals surface area contributed by atoms with Gasteiger partial charge in [0.05, 0.1) is 5.75 Å². The molecular weight excluding hydrogens is 507 g/mol. The van der Waals surface area contributed by atoms with Crippen molar-refractivity contribution in [2.24, 2.45) is 4.99 Å². The molecule has 0 aromatic heterocycles. The standard InChI is InChI=1S/C16H25ClN4O2S2.HI/c1-18-16(20(2)13-14-5-3-4-6-15(14)17)19-7-12-25(22,23)21-8-10-24-11-9-21;/h3-6H,7-13H2,1-2H3,(H,18,19);1H. The van der Waals surface area contributed by atoms with Gasteiger partial charge in [-0.05, 0) is 11.6 Å². The van der Waals surface area contributed by atoms with Crippen LogP contribution in [-0.2, 0) is 16.6 Å². The highest BCUT2D eigenvalue weighted by Gasteiger charge is 2.23. The van der Waals surface area contributed by atoms with Crippen molar-refractivity contribution in [3.63, 3.8) is 0 Å². The summed E-state index contributed by atoms with van der Waals surface area (Å²) >= 11 is 7.99. The molecule has 1 aliphatic rings. The molecule has 1 aliphatic heterocycles. The van der Waals surface area contributed by atoms with Gasteiger partial charge in [-0.15, -0.1) is 24.0 Å². The quantitative estimate of drug-likeness (QED) is 0.346. The van der Waals surface area contributed by atoms with Gasteiger partial charge in [0, 0.05) is 56.8 Å². The number of thioether (sulfide) groups is 1. The Balaban J connectivity index is 0.00000338. The second-order valence-corrected chi connectivity index (χ2v) is 9.47. The van der Waals surface area contributed by atoms with Gasteiger partial charge in [-0.2, -0.15) is 11.8 Å². The third-order valence-electron chi connectivity index (χ3n) is 3.95. The first-order valence-electron chi connectivity index (χ1n) is 8.15. The van der Waals surface area contributed by atoms with E-state index in [1.807, 2.05) is 36.2 Å². The summed E-state index contributed by atoms with van der Waals surface area (Å²) < 4.78 is 26.3. The smallest absolute Gasteiger partial charge is 0.215 e. The van der Waals surface area contributed by atoms with Gasteiger partial charge in [-0.3, -0.25) is 4.99 Å². The fraction of sp³-hybridized carbons (Fsp3) is 0.562. The highest BCUT2D eigenvalue weighted by molar-refractivity contribution is 14.0. The van der Waals surface area contributed by atoms with Crippen molar-refractivity contribution in [1.29, 1.82) is 0 Å². The van der Waals surface area contributed by atoms with E-state index < -0.39 is 10.0 Å². The van der Waals surface area contributed by atoms with Crippen LogP contribution in [0.15, 0.2) is 29.3 Å². The Kier molecular flexibility index (Phi) is 10.6. The van der Waals surface area contributed by atoms with Gasteiger partial charge in [0.25, 0.3) is 0 Å². The predicted molar refractivity (Wildman–Crippen MR) is 122 cm³/mol. The molecule has 1 N–H and O–H groups in total. The van der Waals surface area contributed by atoms with Crippen LogP contribution in [0.3, 0.4) is 0 Å². The van der Waals surface area contributed by atoms with E-state index in [0.29, 0.717) is 37.2 Å². The summed E-state index contributed by atoms with van der Waals surface area (Å²) in [6.45, 7) is 2.13. The van der Waals surface area contributed by atoms with E-state index in [9.17, 15) is 8.42 Å². The summed E-state index contributed by atoms with van der Waals surface area (Å²) in [5.74, 6) is 2.45. The summed E-state index contributed by atoms with van der Waals surface area (Å²) in [6.07, 6.45) is 0. The number of benzene rings is 1. The molecule has 0 atom stereocenters. The lowest BCUT2D eigenvalue weighted by atomic mass is 10.2. The van der Waals surface area contributed by atoms with Crippen LogP contribution >= 0.6 is 47.3 Å². The average Bonchev–Trinajstić information content (AvgIpc) is 2.61. The average molecular weight is 533 g/mol. The number of sulfonamides is 1. The lowest BCUT2D eigenvalue weighted by Gasteiger charge is -2.26. The molecule has 0 saturated carbocycles. The monoisotopic (exact) mass is 532 g/mol. The highest BCUT2D eigenvalue weighted by Crippen LogP contribution is 2.16. The molecule has 0 spiro atoms. The number of guanidine groups is 1. The topological polar surface area (TPSA) is 65.0 Å². The van der Waals surface area contributed by atoms with Gasteiger partial charge in [-0.1, -0.05) is 29.8 Å². The maximum atomic E-state index is 12.4. The molecule has 1 heterocycles. The third-order valence-corrected chi connectivity index (χ3v) is 7.13. The van der Waals surface area contributed by atoms with Crippen molar-refractivity contribution in [3.8, 4) is 0 Å². The maximum absolute atomic E-state index is 12.4. The summed E-state index contributed by atoms with van der Waals surface area (Å²) in [5.41, 5.74) is 0.994. The molecule has 2 rings (SSSR count). The molecule has 1 fully saturated rings. The van der Waals surface area contributed by atoms with Crippen molar-refractivity contribution in [2.75, 3.05) is 51.0 Å². The number of aliphatic imine (C=N–C) groups is 1. The fourth-order valence-corrected chi connectivity index (χ4v) is 5.27. The van der Waals surface area contributed by atoms with Gasteiger partial charge < -0.3 is 10.2 Å². The van der Waals surface area contributed by atoms with Crippen molar-refractivity contribution < 1.29 is 8.42 Å². The number of nitrogens with one attached hydrogen (secondary N) is 1. The second-order valence-electron chi connectivity index (χ2n) is 5.75. The third kappa shape index (κ3) is 7.06. The Hall–Kier alpha value is -0.230. The molecular formula is C16H26ClIN4O2S2. The van der Waals surface area contributed by atoms with Crippen LogP contribution in [-0.4, -0.2) is 74.6 Å². The molecule has 1 aromatic carbocycles. The minimum absolute atomic E-state index is 0. The molecule has 10 heteroatoms. The Labute approximate surface area is 182 Å². The minimum Gasteiger partial charge on any atom is -0.355 e. The lowest BCUT2D eigenvalue weighted by molar-refractivity contribution is 0.442. The first kappa shape index (κ1) is 23.8. The molecule has 0 unspecified atom stereocenters. The van der Waals surface area contributed by atoms with Crippen LogP contribution in [0.4, 0.5) is 0 Å². The van der Waals surface area contributed by atoms with Crippen molar-refractivity contribution in [3.05, 3.63) is 34.9 Å². The van der Waals surface area contributed by atoms with Gasteiger partial charge in [0.15, 0.2) is 5.96 Å². The molecule has 0 bridgehead atoms. The number of rotatable bonds is 6. The van der Waals surface area contributed by atoms with E-state index in [4.69, 9.17) is 11.6 Å². The minimum atomic E-state index is -3.22. The molecule has 148 valence electrons. The van der Waals surface area contributed by atoms with E-state index in [0.717, 1.165) is 17.1 Å². The lowest BCUT2D eigenvalue weighted by Crippen LogP contribution is -2.44. The molecule has 26 heavy (non-hydrogen) atoms. The molecule has 6 nitrogen and oxygen atoms in total. The van der Waals surface area contributed by atoms with Crippen LogP contribution < -0.4 is 5.32 Å². The van der Waals surface area contributed by atoms with Gasteiger partial charge >= 0.3 is 0 Å². The molecule has 0 amide bonds. The SMILES string of the molecule is CN=C(NCCS(=O)(=O)N1CCSCC1)N(C)Cc1ccccc1Cl.I. The zero-order valence-corrected chi connectivity index (χ0v) is 19.7. The molecule has 1 saturated heterocycles. The highest BCUT2D eigenvalue weighted by atomic mass is 127. The van der Waals surface area contributed by atoms with E-state index in [2.05, 4.69) is 10.3 Å². The molecule has 0 aliphatic carbocycles. The van der Waals surface area contributed by atoms with Crippen LogP contribution in [0.2, 0.25) is 5.02 Å². The molecule has 1 aromatic rings. The van der Waals surface area contributed by atoms with Crippen LogP contribution in [0, 0.1) is 0 Å². The Bertz CT molecular complexity index is 697. The summed E-state index contributed by atoms with van der Waals surface area (Å²) in [6, 6.07) is 7.65. The Morgan fingerprint density at radius 3 is 2.62 bits per heavy atom. The summed E-state index contributed by atoms with van der Waals surface area (Å²) in [5, 5.41) is 3.83. The fourth-order valence-electron chi connectivity index (χ4n) is 2.59. The largest absolute Gasteiger partial charge is 0.355 e. The summed E-state index contributed by atoms with van der Waals surface area (Å²) in [4.78, 5) is 6.14. The van der Waals surface area contributed by atoms with Gasteiger partial charge in [-0.25, -0.2) is 12.7 Å². The van der Waals surface area contributed by atoms with Crippen LogP contribution in [0.1, 0.15) is 5.56 Å². The summed E-state index contributed by atoms with van der Waals surface area (Å²) in [7, 11) is 0.365. The number of halogens is 2. The van der Waals surface area contributed by atoms with Gasteiger partial charge in [0.2, 0.25) is 10.0 Å². The van der Waals surface area contributed by atoms with Crippen molar-refractivity contribution in [2.45, 2.75) is 6.54 Å². The van der Waals surface area contributed by atoms with E-state index >= 15 is 0 Å². The van der Waals surface area contributed by atoms with E-state index in [1.165, 1.54) is 0 Å². The van der Waals surface area contributed by atoms with Crippen LogP contribution in [0.25, 0.3) is 0 Å². The van der Waals surface area contributed by atoms with Crippen molar-refractivity contribution >= 4 is 63.3 Å². The normalized spacial score (nSPS) is 16.0. The first-order valence-corrected chi connectivity index (χ1v) is 11.3. The second kappa shape index (κ2) is 11.6. The van der Waals surface area contributed by atoms with Crippen molar-refractivity contribution in [1.82, 2.24) is 14.5 Å². The zero-order chi connectivity index (χ0) is 18.3.